The third-order valence-corrected chi connectivity index (χ3v) is 10.4. The molecule has 43 heavy (non-hydrogen) atoms. The number of oxime groups is 1. The highest BCUT2D eigenvalue weighted by atomic mass is 16.7. The molecule has 2 aliphatic heterocycles. The molecule has 3 aliphatic carbocycles. The Morgan fingerprint density at radius 3 is 2.60 bits per heavy atom. The Labute approximate surface area is 256 Å². The van der Waals surface area contributed by atoms with Gasteiger partial charge in [-0.2, -0.15) is 0 Å². The first-order chi connectivity index (χ1) is 20.5. The molecule has 9 heteroatoms. The zero-order chi connectivity index (χ0) is 30.4. The quantitative estimate of drug-likeness (QED) is 0.351. The van der Waals surface area contributed by atoms with Gasteiger partial charge in [0.15, 0.2) is 0 Å². The lowest BCUT2D eigenvalue weighted by atomic mass is 9.43. The molecule has 8 nitrogen and oxygen atoms in total. The summed E-state index contributed by atoms with van der Waals surface area (Å²) in [6, 6.07) is 15.8. The van der Waals surface area contributed by atoms with Gasteiger partial charge in [0, 0.05) is 18.5 Å². The predicted molar refractivity (Wildman–Crippen MR) is 166 cm³/mol. The van der Waals surface area contributed by atoms with Crippen LogP contribution in [0.2, 0.25) is 0 Å². The summed E-state index contributed by atoms with van der Waals surface area (Å²) in [5.41, 5.74) is 2.24. The van der Waals surface area contributed by atoms with Crippen LogP contribution >= 0.6 is 0 Å². The Bertz CT molecular complexity index is 1350. The van der Waals surface area contributed by atoms with Crippen LogP contribution in [0.1, 0.15) is 77.3 Å². The van der Waals surface area contributed by atoms with Gasteiger partial charge in [-0.25, -0.2) is 0 Å². The van der Waals surface area contributed by atoms with Crippen molar-refractivity contribution in [3.05, 3.63) is 65.5 Å². The smallest absolute Gasteiger partial charge is 0.404 e. The van der Waals surface area contributed by atoms with Crippen LogP contribution < -0.4 is 5.32 Å². The van der Waals surface area contributed by atoms with E-state index in [9.17, 15) is 4.79 Å². The van der Waals surface area contributed by atoms with Crippen molar-refractivity contribution in [2.45, 2.75) is 104 Å². The molecule has 1 unspecified atom stereocenters. The van der Waals surface area contributed by atoms with Crippen LogP contribution in [0.4, 0.5) is 0 Å². The summed E-state index contributed by atoms with van der Waals surface area (Å²) in [6.07, 6.45) is 3.72. The first-order valence-corrected chi connectivity index (χ1v) is 15.9. The molecule has 7 rings (SSSR count). The maximum Gasteiger partial charge on any atom is 0.481 e. The normalized spacial score (nSPS) is 31.2. The molecule has 4 fully saturated rings. The van der Waals surface area contributed by atoms with Crippen molar-refractivity contribution in [1.29, 1.82) is 0 Å². The highest BCUT2D eigenvalue weighted by Gasteiger charge is 2.68. The molecule has 1 N–H and O–H groups in total. The molecule has 0 spiro atoms. The molecule has 1 saturated heterocycles. The van der Waals surface area contributed by atoms with Gasteiger partial charge in [-0.15, -0.1) is 0 Å². The number of carbonyl (C=O) groups is 1. The summed E-state index contributed by atoms with van der Waals surface area (Å²) in [4.78, 5) is 24.9. The fourth-order valence-corrected chi connectivity index (χ4v) is 7.92. The van der Waals surface area contributed by atoms with E-state index in [1.54, 1.807) is 0 Å². The number of nitrogens with one attached hydrogen (secondary N) is 1. The zero-order valence-corrected chi connectivity index (χ0v) is 26.5. The summed E-state index contributed by atoms with van der Waals surface area (Å²) in [7, 11) is -0.503. The predicted octanol–water partition coefficient (Wildman–Crippen LogP) is 5.46. The molecule has 3 saturated carbocycles. The summed E-state index contributed by atoms with van der Waals surface area (Å²) in [5.74, 6) is 0.953. The Balaban J connectivity index is 1.17. The number of amides is 1. The number of carbonyl (C=O) groups excluding carboxylic acids is 1. The summed E-state index contributed by atoms with van der Waals surface area (Å²) >= 11 is 0. The maximum absolute atomic E-state index is 14.3. The molecule has 5 aliphatic rings. The number of rotatable bonds is 11. The molecule has 1 amide bonds. The van der Waals surface area contributed by atoms with Crippen molar-refractivity contribution in [2.75, 3.05) is 6.61 Å². The number of hydrogen-bond acceptors (Lipinski definition) is 7. The molecule has 0 radical (unpaired) electrons. The molecule has 6 atom stereocenters. The Morgan fingerprint density at radius 1 is 1.09 bits per heavy atom. The van der Waals surface area contributed by atoms with Crippen molar-refractivity contribution < 1.29 is 23.7 Å². The number of aromatic nitrogens is 1. The second kappa shape index (κ2) is 11.6. The first kappa shape index (κ1) is 30.3. The second-order valence-corrected chi connectivity index (χ2v) is 14.4. The summed E-state index contributed by atoms with van der Waals surface area (Å²) < 4.78 is 19.4. The van der Waals surface area contributed by atoms with Crippen molar-refractivity contribution in [1.82, 2.24) is 10.3 Å². The average molecular weight is 588 g/mol. The van der Waals surface area contributed by atoms with Gasteiger partial charge >= 0.3 is 7.12 Å². The van der Waals surface area contributed by atoms with Gasteiger partial charge in [0.1, 0.15) is 0 Å². The van der Waals surface area contributed by atoms with Crippen molar-refractivity contribution >= 4 is 18.7 Å². The van der Waals surface area contributed by atoms with Crippen molar-refractivity contribution in [2.24, 2.45) is 28.3 Å². The van der Waals surface area contributed by atoms with Gasteiger partial charge in [0.25, 0.3) is 5.91 Å². The van der Waals surface area contributed by atoms with Crippen molar-refractivity contribution in [3.63, 3.8) is 0 Å². The van der Waals surface area contributed by atoms with Gasteiger partial charge in [0.05, 0.1) is 42.3 Å². The van der Waals surface area contributed by atoms with E-state index in [0.29, 0.717) is 42.9 Å². The zero-order valence-electron chi connectivity index (χ0n) is 26.5. The van der Waals surface area contributed by atoms with Crippen LogP contribution in [0.15, 0.2) is 53.7 Å². The third-order valence-electron chi connectivity index (χ3n) is 10.4. The lowest BCUT2D eigenvalue weighted by Gasteiger charge is -2.64. The molecular weight excluding hydrogens is 541 g/mol. The third kappa shape index (κ3) is 5.88. The highest BCUT2D eigenvalue weighted by Crippen LogP contribution is 2.65. The van der Waals surface area contributed by atoms with E-state index < -0.39 is 12.7 Å². The van der Waals surface area contributed by atoms with Crippen LogP contribution in [-0.4, -0.2) is 53.6 Å². The van der Waals surface area contributed by atoms with E-state index >= 15 is 0 Å². The van der Waals surface area contributed by atoms with Crippen LogP contribution in [-0.2, 0) is 36.7 Å². The largest absolute Gasteiger partial charge is 0.481 e. The van der Waals surface area contributed by atoms with Crippen LogP contribution in [0.5, 0.6) is 0 Å². The summed E-state index contributed by atoms with van der Waals surface area (Å²) in [5, 5.41) is 7.71. The van der Waals surface area contributed by atoms with Crippen molar-refractivity contribution in [3.8, 4) is 0 Å². The topological polar surface area (TPSA) is 91.3 Å². The molecule has 2 bridgehead atoms. The van der Waals surface area contributed by atoms with E-state index in [4.69, 9.17) is 18.9 Å². The Morgan fingerprint density at radius 2 is 1.88 bits per heavy atom. The number of aryl methyl sites for hydroxylation is 1. The standard InChI is InChI=1S/C34H46BN3O5/c1-22(2)15-30(35-41-29-17-25-16-28(32(25,4)5)33(29,6)42-35)37-31(39)34(18-24-12-8-7-9-13-24)19-27(38-43-34)21-40-20-26-14-10-11-23(3)36-26/h7-14,22,25,28-30H,15-21H2,1-6H3,(H,37,39)/t25-,28-,29+,30-,33-,34?/m0/s1. The lowest BCUT2D eigenvalue weighted by molar-refractivity contribution is -0.199. The van der Waals surface area contributed by atoms with Crippen LogP contribution in [0.3, 0.4) is 0 Å². The number of hydrogen-bond donors (Lipinski definition) is 1. The molecule has 1 aromatic carbocycles. The van der Waals surface area contributed by atoms with Gasteiger partial charge in [-0.1, -0.05) is 69.2 Å². The number of nitrogens with zero attached hydrogens (tertiary/aromatic N) is 2. The van der Waals surface area contributed by atoms with E-state index in [2.05, 4.69) is 50.1 Å². The van der Waals surface area contributed by atoms with E-state index in [1.807, 2.05) is 55.5 Å². The van der Waals surface area contributed by atoms with Crippen LogP contribution in [0.25, 0.3) is 0 Å². The maximum atomic E-state index is 14.3. The van der Waals surface area contributed by atoms with E-state index in [0.717, 1.165) is 29.8 Å². The monoisotopic (exact) mass is 587 g/mol. The fraction of sp³-hybridized carbons (Fsp3) is 0.618. The first-order valence-electron chi connectivity index (χ1n) is 15.9. The Hall–Kier alpha value is -2.75. The lowest BCUT2D eigenvalue weighted by Crippen LogP contribution is -2.65. The minimum absolute atomic E-state index is 0.0526. The van der Waals surface area contributed by atoms with Gasteiger partial charge in [0.2, 0.25) is 5.60 Å². The highest BCUT2D eigenvalue weighted by molar-refractivity contribution is 6.48. The molecular formula is C34H46BN3O5. The molecule has 2 aromatic rings. The second-order valence-electron chi connectivity index (χ2n) is 14.4. The van der Waals surface area contributed by atoms with Crippen LogP contribution in [0, 0.1) is 30.1 Å². The van der Waals surface area contributed by atoms with Gasteiger partial charge in [-0.05, 0) is 74.0 Å². The molecule has 3 heterocycles. The minimum Gasteiger partial charge on any atom is -0.404 e. The molecule has 1 aromatic heterocycles. The number of ether oxygens (including phenoxy) is 1. The SMILES string of the molecule is Cc1cccc(COCC2=NOC(Cc3ccccc3)(C(=O)N[C@@H](CC(C)C)B3O[C@@H]4C[C@@H]5C[C@@H](C5(C)C)[C@]4(C)O3)C2)n1. The number of pyridine rings is 1. The van der Waals surface area contributed by atoms with E-state index in [-0.39, 0.29) is 35.6 Å². The average Bonchev–Trinajstić information content (AvgIpc) is 3.54. The fourth-order valence-electron chi connectivity index (χ4n) is 7.92. The molecule has 230 valence electrons. The Kier molecular flexibility index (Phi) is 8.20. The minimum atomic E-state index is -1.18. The van der Waals surface area contributed by atoms with Gasteiger partial charge < -0.3 is 24.2 Å². The van der Waals surface area contributed by atoms with E-state index in [1.165, 1.54) is 6.42 Å². The summed E-state index contributed by atoms with van der Waals surface area (Å²) in [6.45, 7) is 13.9. The van der Waals surface area contributed by atoms with Gasteiger partial charge in [-0.3, -0.25) is 9.78 Å². The number of benzene rings is 1.